The summed E-state index contributed by atoms with van der Waals surface area (Å²) in [6, 6.07) is 3.82. The summed E-state index contributed by atoms with van der Waals surface area (Å²) in [5, 5.41) is 3.09. The Bertz CT molecular complexity index is 430. The minimum Gasteiger partial charge on any atom is -0.361 e. The molecule has 5 heteroatoms. The van der Waals surface area contributed by atoms with E-state index < -0.39 is 0 Å². The largest absolute Gasteiger partial charge is 0.361 e. The van der Waals surface area contributed by atoms with Crippen molar-refractivity contribution in [1.29, 1.82) is 0 Å². The van der Waals surface area contributed by atoms with E-state index >= 15 is 0 Å². The van der Waals surface area contributed by atoms with Crippen molar-refractivity contribution in [2.24, 2.45) is 0 Å². The van der Waals surface area contributed by atoms with Gasteiger partial charge in [-0.25, -0.2) is 4.98 Å². The summed E-state index contributed by atoms with van der Waals surface area (Å²) in [7, 11) is 0. The molecule has 1 aromatic rings. The van der Waals surface area contributed by atoms with Crippen molar-refractivity contribution in [2.75, 3.05) is 25.0 Å². The Morgan fingerprint density at radius 1 is 1.39 bits per heavy atom. The average molecular weight is 312 g/mol. The molecule has 0 spiro atoms. The number of amides is 1. The molecule has 4 nitrogen and oxygen atoms in total. The zero-order valence-corrected chi connectivity index (χ0v) is 12.2. The summed E-state index contributed by atoms with van der Waals surface area (Å²) >= 11 is 3.41. The number of carbonyl (C=O) groups is 1. The zero-order chi connectivity index (χ0) is 13.0. The highest BCUT2D eigenvalue weighted by molar-refractivity contribution is 9.10. The highest BCUT2D eigenvalue weighted by atomic mass is 79.9. The Morgan fingerprint density at radius 3 is 2.78 bits per heavy atom. The number of nitrogens with one attached hydrogen (secondary N) is 1. The van der Waals surface area contributed by atoms with Gasteiger partial charge in [0.2, 0.25) is 5.91 Å². The van der Waals surface area contributed by atoms with E-state index in [9.17, 15) is 4.79 Å². The molecular weight excluding hydrogens is 294 g/mol. The molecule has 0 atom stereocenters. The van der Waals surface area contributed by atoms with Crippen LogP contribution < -0.4 is 5.32 Å². The first kappa shape index (κ1) is 13.3. The summed E-state index contributed by atoms with van der Waals surface area (Å²) in [6.07, 6.45) is 3.49. The Labute approximate surface area is 116 Å². The van der Waals surface area contributed by atoms with Crippen LogP contribution >= 0.6 is 15.9 Å². The van der Waals surface area contributed by atoms with Gasteiger partial charge in [-0.05, 0) is 54.2 Å². The lowest BCUT2D eigenvalue weighted by atomic mass is 10.1. The van der Waals surface area contributed by atoms with Gasteiger partial charge in [0.05, 0.1) is 12.2 Å². The fourth-order valence-corrected chi connectivity index (χ4v) is 2.28. The number of piperidine rings is 1. The van der Waals surface area contributed by atoms with Crippen molar-refractivity contribution < 1.29 is 4.79 Å². The van der Waals surface area contributed by atoms with Crippen molar-refractivity contribution in [3.05, 3.63) is 22.3 Å². The number of nitrogens with zero attached hydrogens (tertiary/aromatic N) is 2. The van der Waals surface area contributed by atoms with Gasteiger partial charge < -0.3 is 10.2 Å². The van der Waals surface area contributed by atoms with Crippen molar-refractivity contribution in [2.45, 2.75) is 26.2 Å². The van der Waals surface area contributed by atoms with Crippen molar-refractivity contribution in [3.63, 3.8) is 0 Å². The number of halogens is 1. The van der Waals surface area contributed by atoms with Crippen LogP contribution in [0.15, 0.2) is 16.6 Å². The molecular formula is C13H18BrN3O. The van der Waals surface area contributed by atoms with Crippen LogP contribution in [0.4, 0.5) is 5.82 Å². The second kappa shape index (κ2) is 6.18. The molecule has 98 valence electrons. The topological polar surface area (TPSA) is 45.2 Å². The number of likely N-dealkylation sites (tertiary alicyclic amines) is 1. The molecule has 1 saturated heterocycles. The van der Waals surface area contributed by atoms with E-state index in [1.165, 1.54) is 6.42 Å². The lowest BCUT2D eigenvalue weighted by Crippen LogP contribution is -2.39. The fraction of sp³-hybridized carbons (Fsp3) is 0.538. The normalized spacial score (nSPS) is 15.6. The number of hydrogen-bond acceptors (Lipinski definition) is 3. The molecule has 2 rings (SSSR count). The third-order valence-corrected chi connectivity index (χ3v) is 3.99. The number of aromatic nitrogens is 1. The number of aryl methyl sites for hydroxylation is 1. The van der Waals surface area contributed by atoms with Gasteiger partial charge in [0, 0.05) is 17.6 Å². The third-order valence-electron chi connectivity index (χ3n) is 3.15. The van der Waals surface area contributed by atoms with Gasteiger partial charge in [-0.15, -0.1) is 0 Å². The summed E-state index contributed by atoms with van der Waals surface area (Å²) < 4.78 is 0.982. The van der Waals surface area contributed by atoms with Gasteiger partial charge in [0.25, 0.3) is 0 Å². The van der Waals surface area contributed by atoms with E-state index in [0.717, 1.165) is 41.9 Å². The SMILES string of the molecule is Cc1nc(NCC(=O)N2CCCCC2)ccc1Br. The first-order valence-corrected chi connectivity index (χ1v) is 7.11. The van der Waals surface area contributed by atoms with Crippen LogP contribution in [-0.2, 0) is 4.79 Å². The number of anilines is 1. The maximum atomic E-state index is 11.9. The minimum atomic E-state index is 0.164. The molecule has 1 aliphatic heterocycles. The Hall–Kier alpha value is -1.10. The lowest BCUT2D eigenvalue weighted by molar-refractivity contribution is -0.130. The fourth-order valence-electron chi connectivity index (χ4n) is 2.06. The average Bonchev–Trinajstić information content (AvgIpc) is 2.41. The predicted octanol–water partition coefficient (Wildman–Crippen LogP) is 2.58. The lowest BCUT2D eigenvalue weighted by Gasteiger charge is -2.26. The molecule has 0 radical (unpaired) electrons. The van der Waals surface area contributed by atoms with E-state index in [4.69, 9.17) is 0 Å². The second-order valence-corrected chi connectivity index (χ2v) is 5.41. The van der Waals surface area contributed by atoms with Crippen LogP contribution in [-0.4, -0.2) is 35.4 Å². The summed E-state index contributed by atoms with van der Waals surface area (Å²) in [6.45, 7) is 4.05. The maximum absolute atomic E-state index is 11.9. The van der Waals surface area contributed by atoms with Crippen molar-refractivity contribution in [1.82, 2.24) is 9.88 Å². The number of hydrogen-bond donors (Lipinski definition) is 1. The van der Waals surface area contributed by atoms with Crippen molar-refractivity contribution in [3.8, 4) is 0 Å². The van der Waals surface area contributed by atoms with Crippen LogP contribution in [0, 0.1) is 6.92 Å². The Balaban J connectivity index is 1.86. The van der Waals surface area contributed by atoms with Crippen LogP contribution in [0.5, 0.6) is 0 Å². The maximum Gasteiger partial charge on any atom is 0.241 e. The van der Waals surface area contributed by atoms with Crippen LogP contribution in [0.1, 0.15) is 25.0 Å². The summed E-state index contributed by atoms with van der Waals surface area (Å²) in [4.78, 5) is 18.2. The molecule has 0 aliphatic carbocycles. The van der Waals surface area contributed by atoms with Crippen molar-refractivity contribution >= 4 is 27.7 Å². The van der Waals surface area contributed by atoms with Crippen LogP contribution in [0.25, 0.3) is 0 Å². The quantitative estimate of drug-likeness (QED) is 0.933. The molecule has 0 bridgehead atoms. The monoisotopic (exact) mass is 311 g/mol. The highest BCUT2D eigenvalue weighted by Gasteiger charge is 2.15. The van der Waals surface area contributed by atoms with Gasteiger partial charge in [-0.1, -0.05) is 0 Å². The molecule has 2 heterocycles. The van der Waals surface area contributed by atoms with Crippen LogP contribution in [0.3, 0.4) is 0 Å². The van der Waals surface area contributed by atoms with Crippen LogP contribution in [0.2, 0.25) is 0 Å². The Kier molecular flexibility index (Phi) is 4.58. The van der Waals surface area contributed by atoms with E-state index in [1.54, 1.807) is 0 Å². The molecule has 1 aliphatic rings. The van der Waals surface area contributed by atoms with Gasteiger partial charge in [0.15, 0.2) is 0 Å². The number of rotatable bonds is 3. The molecule has 0 unspecified atom stereocenters. The highest BCUT2D eigenvalue weighted by Crippen LogP contribution is 2.16. The smallest absolute Gasteiger partial charge is 0.241 e. The standard InChI is InChI=1S/C13H18BrN3O/c1-10-11(14)5-6-12(16-10)15-9-13(18)17-7-3-2-4-8-17/h5-6H,2-4,7-9H2,1H3,(H,15,16). The summed E-state index contributed by atoms with van der Waals surface area (Å²) in [5.41, 5.74) is 0.922. The van der Waals surface area contributed by atoms with Gasteiger partial charge in [-0.3, -0.25) is 4.79 Å². The van der Waals surface area contributed by atoms with E-state index in [0.29, 0.717) is 6.54 Å². The van der Waals surface area contributed by atoms with E-state index in [-0.39, 0.29) is 5.91 Å². The minimum absolute atomic E-state index is 0.164. The zero-order valence-electron chi connectivity index (χ0n) is 10.6. The first-order valence-electron chi connectivity index (χ1n) is 6.31. The summed E-state index contributed by atoms with van der Waals surface area (Å²) in [5.74, 6) is 0.915. The van der Waals surface area contributed by atoms with Gasteiger partial charge >= 0.3 is 0 Å². The number of pyridine rings is 1. The molecule has 0 aromatic carbocycles. The number of carbonyl (C=O) groups excluding carboxylic acids is 1. The first-order chi connectivity index (χ1) is 8.66. The second-order valence-electron chi connectivity index (χ2n) is 4.56. The van der Waals surface area contributed by atoms with Gasteiger partial charge in [0.1, 0.15) is 5.82 Å². The van der Waals surface area contributed by atoms with Gasteiger partial charge in [-0.2, -0.15) is 0 Å². The molecule has 18 heavy (non-hydrogen) atoms. The van der Waals surface area contributed by atoms with E-state index in [1.807, 2.05) is 24.0 Å². The molecule has 1 N–H and O–H groups in total. The third kappa shape index (κ3) is 3.45. The molecule has 1 fully saturated rings. The molecule has 1 amide bonds. The molecule has 1 aromatic heterocycles. The Morgan fingerprint density at radius 2 is 2.11 bits per heavy atom. The van der Waals surface area contributed by atoms with E-state index in [2.05, 4.69) is 26.2 Å². The predicted molar refractivity (Wildman–Crippen MR) is 75.6 cm³/mol. The molecule has 0 saturated carbocycles.